The molecule has 5 heteroatoms. The highest BCUT2D eigenvalue weighted by Gasteiger charge is 2.09. The van der Waals surface area contributed by atoms with E-state index in [1.165, 1.54) is 12.1 Å². The zero-order valence-corrected chi connectivity index (χ0v) is 14.1. The maximum atomic E-state index is 12.9. The first-order valence-corrected chi connectivity index (χ1v) is 8.21. The van der Waals surface area contributed by atoms with Gasteiger partial charge in [0.2, 0.25) is 5.95 Å². The number of rotatable bonds is 8. The summed E-state index contributed by atoms with van der Waals surface area (Å²) in [5.41, 5.74) is 1.94. The molecule has 0 amide bonds. The van der Waals surface area contributed by atoms with Crippen LogP contribution in [0.4, 0.5) is 16.2 Å². The third-order valence-electron chi connectivity index (χ3n) is 3.52. The predicted molar refractivity (Wildman–Crippen MR) is 93.3 cm³/mol. The van der Waals surface area contributed by atoms with Gasteiger partial charge in [-0.3, -0.25) is 0 Å². The lowest BCUT2D eigenvalue weighted by atomic mass is 10.2. The summed E-state index contributed by atoms with van der Waals surface area (Å²) in [4.78, 5) is 11.4. The first-order chi connectivity index (χ1) is 11.1. The monoisotopic (exact) mass is 316 g/mol. The van der Waals surface area contributed by atoms with Crippen molar-refractivity contribution in [2.45, 2.75) is 40.2 Å². The highest BCUT2D eigenvalue weighted by molar-refractivity contribution is 5.45. The molecule has 1 heterocycles. The lowest BCUT2D eigenvalue weighted by molar-refractivity contribution is 0.627. The molecule has 1 N–H and O–H groups in total. The highest BCUT2D eigenvalue weighted by atomic mass is 19.1. The van der Waals surface area contributed by atoms with E-state index in [4.69, 9.17) is 0 Å². The summed E-state index contributed by atoms with van der Waals surface area (Å²) in [7, 11) is 0. The van der Waals surface area contributed by atoms with Crippen LogP contribution in [-0.2, 0) is 6.54 Å². The number of aryl methyl sites for hydroxylation is 1. The molecule has 0 bridgehead atoms. The zero-order valence-electron chi connectivity index (χ0n) is 14.1. The van der Waals surface area contributed by atoms with E-state index in [0.29, 0.717) is 12.5 Å². The fourth-order valence-corrected chi connectivity index (χ4v) is 2.46. The Morgan fingerprint density at radius 3 is 2.30 bits per heavy atom. The van der Waals surface area contributed by atoms with Crippen molar-refractivity contribution in [2.24, 2.45) is 0 Å². The molecular formula is C18H25FN4. The molecule has 0 atom stereocenters. The first-order valence-electron chi connectivity index (χ1n) is 8.21. The molecule has 1 aromatic heterocycles. The summed E-state index contributed by atoms with van der Waals surface area (Å²) < 4.78 is 12.9. The second-order valence-electron chi connectivity index (χ2n) is 5.66. The van der Waals surface area contributed by atoms with Gasteiger partial charge in [-0.1, -0.05) is 26.0 Å². The number of hydrogen-bond acceptors (Lipinski definition) is 4. The molecule has 1 aromatic carbocycles. The molecule has 0 aliphatic rings. The van der Waals surface area contributed by atoms with Gasteiger partial charge in [0.15, 0.2) is 0 Å². The molecule has 4 nitrogen and oxygen atoms in total. The Labute approximate surface area is 137 Å². The van der Waals surface area contributed by atoms with Crippen LogP contribution < -0.4 is 10.2 Å². The van der Waals surface area contributed by atoms with Crippen molar-refractivity contribution in [2.75, 3.05) is 23.3 Å². The summed E-state index contributed by atoms with van der Waals surface area (Å²) in [6.07, 6.45) is 2.17. The molecular weight excluding hydrogens is 291 g/mol. The number of hydrogen-bond donors (Lipinski definition) is 1. The Kier molecular flexibility index (Phi) is 6.32. The molecule has 23 heavy (non-hydrogen) atoms. The molecule has 0 saturated carbocycles. The number of anilines is 2. The molecule has 124 valence electrons. The lowest BCUT2D eigenvalue weighted by Gasteiger charge is -2.23. The molecule has 0 spiro atoms. The molecule has 0 aliphatic heterocycles. The first kappa shape index (κ1) is 17.2. The van der Waals surface area contributed by atoms with Crippen molar-refractivity contribution < 1.29 is 4.39 Å². The van der Waals surface area contributed by atoms with Crippen LogP contribution in [-0.4, -0.2) is 23.1 Å². The van der Waals surface area contributed by atoms with Gasteiger partial charge in [-0.25, -0.2) is 9.37 Å². The Hall–Kier alpha value is -2.17. The van der Waals surface area contributed by atoms with E-state index >= 15 is 0 Å². The third-order valence-corrected chi connectivity index (χ3v) is 3.52. The Balaban J connectivity index is 2.11. The van der Waals surface area contributed by atoms with E-state index in [9.17, 15) is 4.39 Å². The number of halogens is 1. The number of nitrogens with zero attached hydrogens (tertiary/aromatic N) is 3. The average Bonchev–Trinajstić information content (AvgIpc) is 2.54. The van der Waals surface area contributed by atoms with Gasteiger partial charge in [-0.2, -0.15) is 4.98 Å². The Morgan fingerprint density at radius 2 is 1.70 bits per heavy atom. The Morgan fingerprint density at radius 1 is 1.04 bits per heavy atom. The zero-order chi connectivity index (χ0) is 16.7. The summed E-state index contributed by atoms with van der Waals surface area (Å²) >= 11 is 0. The minimum absolute atomic E-state index is 0.224. The van der Waals surface area contributed by atoms with Crippen molar-refractivity contribution in [1.82, 2.24) is 9.97 Å². The van der Waals surface area contributed by atoms with E-state index in [2.05, 4.69) is 34.0 Å². The fraction of sp³-hybridized carbons (Fsp3) is 0.444. The standard InChI is InChI=1S/C18H25FN4/c1-4-10-23(11-5-2)17-12-14(3)21-18(22-17)20-13-15-6-8-16(19)9-7-15/h6-9,12H,4-5,10-11,13H2,1-3H3,(H,20,21,22). The van der Waals surface area contributed by atoms with Crippen molar-refractivity contribution >= 4 is 11.8 Å². The third kappa shape index (κ3) is 5.20. The topological polar surface area (TPSA) is 41.1 Å². The van der Waals surface area contributed by atoms with Crippen molar-refractivity contribution in [3.63, 3.8) is 0 Å². The summed E-state index contributed by atoms with van der Waals surface area (Å²) in [6, 6.07) is 8.47. The SMILES string of the molecule is CCCN(CCC)c1cc(C)nc(NCc2ccc(F)cc2)n1. The second kappa shape index (κ2) is 8.46. The number of aromatic nitrogens is 2. The van der Waals surface area contributed by atoms with Crippen LogP contribution in [0.15, 0.2) is 30.3 Å². The molecule has 0 radical (unpaired) electrons. The van der Waals surface area contributed by atoms with E-state index < -0.39 is 0 Å². The van der Waals surface area contributed by atoms with Gasteiger partial charge in [-0.05, 0) is 37.5 Å². The highest BCUT2D eigenvalue weighted by Crippen LogP contribution is 2.16. The average molecular weight is 316 g/mol. The van der Waals surface area contributed by atoms with Crippen molar-refractivity contribution in [1.29, 1.82) is 0 Å². The van der Waals surface area contributed by atoms with Crippen LogP contribution >= 0.6 is 0 Å². The number of nitrogens with one attached hydrogen (secondary N) is 1. The van der Waals surface area contributed by atoms with Gasteiger partial charge < -0.3 is 10.2 Å². The fourth-order valence-electron chi connectivity index (χ4n) is 2.46. The van der Waals surface area contributed by atoms with Gasteiger partial charge in [-0.15, -0.1) is 0 Å². The maximum Gasteiger partial charge on any atom is 0.225 e. The van der Waals surface area contributed by atoms with Crippen LogP contribution in [0.1, 0.15) is 37.9 Å². The molecule has 0 aliphatic carbocycles. The predicted octanol–water partition coefficient (Wildman–Crippen LogP) is 4.16. The van der Waals surface area contributed by atoms with Gasteiger partial charge >= 0.3 is 0 Å². The largest absolute Gasteiger partial charge is 0.356 e. The minimum Gasteiger partial charge on any atom is -0.356 e. The molecule has 2 aromatic rings. The quantitative estimate of drug-likeness (QED) is 0.794. The summed E-state index contributed by atoms with van der Waals surface area (Å²) in [5, 5.41) is 3.23. The molecule has 0 saturated heterocycles. The Bertz CT molecular complexity index is 607. The van der Waals surface area contributed by atoms with Gasteiger partial charge in [0.1, 0.15) is 11.6 Å². The van der Waals surface area contributed by atoms with E-state index in [1.807, 2.05) is 13.0 Å². The van der Waals surface area contributed by atoms with Crippen LogP contribution in [0.2, 0.25) is 0 Å². The van der Waals surface area contributed by atoms with Crippen LogP contribution in [0, 0.1) is 12.7 Å². The van der Waals surface area contributed by atoms with Crippen LogP contribution in [0.3, 0.4) is 0 Å². The molecule has 0 unspecified atom stereocenters. The number of benzene rings is 1. The van der Waals surface area contributed by atoms with Crippen molar-refractivity contribution in [3.05, 3.63) is 47.4 Å². The maximum absolute atomic E-state index is 12.9. The molecule has 0 fully saturated rings. The van der Waals surface area contributed by atoms with E-state index in [0.717, 1.165) is 43.0 Å². The van der Waals surface area contributed by atoms with Gasteiger partial charge in [0.25, 0.3) is 0 Å². The normalized spacial score (nSPS) is 10.6. The van der Waals surface area contributed by atoms with E-state index in [-0.39, 0.29) is 5.82 Å². The van der Waals surface area contributed by atoms with Gasteiger partial charge in [0, 0.05) is 31.4 Å². The lowest BCUT2D eigenvalue weighted by Crippen LogP contribution is -2.26. The summed E-state index contributed by atoms with van der Waals surface area (Å²) in [6.45, 7) is 8.87. The van der Waals surface area contributed by atoms with E-state index in [1.54, 1.807) is 12.1 Å². The molecule has 2 rings (SSSR count). The van der Waals surface area contributed by atoms with Crippen LogP contribution in [0.25, 0.3) is 0 Å². The van der Waals surface area contributed by atoms with Crippen LogP contribution in [0.5, 0.6) is 0 Å². The van der Waals surface area contributed by atoms with Crippen molar-refractivity contribution in [3.8, 4) is 0 Å². The second-order valence-corrected chi connectivity index (χ2v) is 5.66. The smallest absolute Gasteiger partial charge is 0.225 e. The minimum atomic E-state index is -0.224. The summed E-state index contributed by atoms with van der Waals surface area (Å²) in [5.74, 6) is 1.35. The van der Waals surface area contributed by atoms with Gasteiger partial charge in [0.05, 0.1) is 0 Å².